The second-order valence-electron chi connectivity index (χ2n) is 4.93. The highest BCUT2D eigenvalue weighted by Gasteiger charge is 2.21. The molecule has 6 heteroatoms. The minimum atomic E-state index is -0.663. The monoisotopic (exact) mass is 267 g/mol. The molecule has 0 aliphatic heterocycles. The maximum atomic E-state index is 11.8. The summed E-state index contributed by atoms with van der Waals surface area (Å²) in [6.07, 6.45) is 5.01. The average molecular weight is 267 g/mol. The molecule has 1 atom stereocenters. The van der Waals surface area contributed by atoms with Crippen molar-refractivity contribution in [2.75, 3.05) is 19.8 Å². The molecular weight excluding hydrogens is 246 g/mol. The second-order valence-corrected chi connectivity index (χ2v) is 4.93. The highest BCUT2D eigenvalue weighted by atomic mass is 16.5. The molecule has 1 saturated carbocycles. The molecule has 0 aromatic carbocycles. The van der Waals surface area contributed by atoms with Gasteiger partial charge in [0.15, 0.2) is 0 Å². The van der Waals surface area contributed by atoms with E-state index in [2.05, 4.69) is 10.4 Å². The number of hydrogen-bond donors (Lipinski definition) is 2. The number of aryl methyl sites for hydroxylation is 1. The van der Waals surface area contributed by atoms with Crippen LogP contribution in [0.3, 0.4) is 0 Å². The van der Waals surface area contributed by atoms with E-state index < -0.39 is 6.10 Å². The van der Waals surface area contributed by atoms with Gasteiger partial charge in [-0.2, -0.15) is 5.10 Å². The number of aromatic nitrogens is 2. The van der Waals surface area contributed by atoms with Crippen LogP contribution in [0.4, 0.5) is 0 Å². The van der Waals surface area contributed by atoms with Crippen LogP contribution in [0.2, 0.25) is 0 Å². The Morgan fingerprint density at radius 2 is 2.47 bits per heavy atom. The molecule has 19 heavy (non-hydrogen) atoms. The highest BCUT2D eigenvalue weighted by Crippen LogP contribution is 2.28. The average Bonchev–Trinajstić information content (AvgIpc) is 3.10. The number of nitrogens with one attached hydrogen (secondary N) is 1. The number of aliphatic hydroxyl groups excluding tert-OH is 1. The van der Waals surface area contributed by atoms with Gasteiger partial charge >= 0.3 is 0 Å². The summed E-state index contributed by atoms with van der Waals surface area (Å²) in [5.74, 6) is 0.461. The SMILES string of the molecule is CCn1cc(C(=O)NCC(O)COCC2CC2)cn1. The third kappa shape index (κ3) is 4.65. The lowest BCUT2D eigenvalue weighted by atomic mass is 10.3. The summed E-state index contributed by atoms with van der Waals surface area (Å²) in [6, 6.07) is 0. The van der Waals surface area contributed by atoms with Gasteiger partial charge in [-0.1, -0.05) is 0 Å². The molecule has 0 bridgehead atoms. The van der Waals surface area contributed by atoms with Crippen molar-refractivity contribution in [1.29, 1.82) is 0 Å². The molecule has 6 nitrogen and oxygen atoms in total. The Labute approximate surface area is 112 Å². The zero-order valence-electron chi connectivity index (χ0n) is 11.2. The highest BCUT2D eigenvalue weighted by molar-refractivity contribution is 5.93. The van der Waals surface area contributed by atoms with Crippen LogP contribution in [0.5, 0.6) is 0 Å². The Kier molecular flexibility index (Phi) is 4.93. The third-order valence-corrected chi connectivity index (χ3v) is 3.08. The van der Waals surface area contributed by atoms with Crippen LogP contribution in [0.25, 0.3) is 0 Å². The molecule has 2 rings (SSSR count). The van der Waals surface area contributed by atoms with Crippen LogP contribution < -0.4 is 5.32 Å². The van der Waals surface area contributed by atoms with Crippen LogP contribution in [-0.2, 0) is 11.3 Å². The minimum Gasteiger partial charge on any atom is -0.389 e. The van der Waals surface area contributed by atoms with Gasteiger partial charge in [-0.3, -0.25) is 9.48 Å². The lowest BCUT2D eigenvalue weighted by Crippen LogP contribution is -2.34. The predicted molar refractivity (Wildman–Crippen MR) is 69.8 cm³/mol. The molecule has 0 spiro atoms. The van der Waals surface area contributed by atoms with Gasteiger partial charge in [0.05, 0.1) is 24.5 Å². The maximum absolute atomic E-state index is 11.8. The van der Waals surface area contributed by atoms with Crippen LogP contribution in [-0.4, -0.2) is 46.7 Å². The molecule has 1 aliphatic carbocycles. The molecule has 1 fully saturated rings. The van der Waals surface area contributed by atoms with E-state index in [1.54, 1.807) is 10.9 Å². The first-order valence-electron chi connectivity index (χ1n) is 6.75. The summed E-state index contributed by atoms with van der Waals surface area (Å²) in [4.78, 5) is 11.8. The third-order valence-electron chi connectivity index (χ3n) is 3.08. The largest absolute Gasteiger partial charge is 0.389 e. The van der Waals surface area contributed by atoms with Crippen molar-refractivity contribution in [2.24, 2.45) is 5.92 Å². The molecule has 1 heterocycles. The first-order chi connectivity index (χ1) is 9.19. The molecule has 1 aromatic rings. The molecule has 1 amide bonds. The zero-order valence-corrected chi connectivity index (χ0v) is 11.2. The summed E-state index contributed by atoms with van der Waals surface area (Å²) in [5.41, 5.74) is 0.507. The number of ether oxygens (including phenoxy) is 1. The standard InChI is InChI=1S/C13H21N3O3/c1-2-16-7-11(5-15-16)13(18)14-6-12(17)9-19-8-10-3-4-10/h5,7,10,12,17H,2-4,6,8-9H2,1H3,(H,14,18). The Bertz CT molecular complexity index is 415. The molecule has 2 N–H and O–H groups in total. The van der Waals surface area contributed by atoms with Crippen LogP contribution in [0.1, 0.15) is 30.1 Å². The fourth-order valence-electron chi connectivity index (χ4n) is 1.68. The fraction of sp³-hybridized carbons (Fsp3) is 0.692. The first kappa shape index (κ1) is 14.0. The van der Waals surface area contributed by atoms with Gasteiger partial charge in [-0.05, 0) is 25.7 Å². The normalized spacial score (nSPS) is 16.3. The quantitative estimate of drug-likeness (QED) is 0.715. The number of carbonyl (C=O) groups is 1. The molecule has 0 saturated heterocycles. The summed E-state index contributed by atoms with van der Waals surface area (Å²) in [5, 5.41) is 16.4. The summed E-state index contributed by atoms with van der Waals surface area (Å²) in [6.45, 7) is 3.86. The Balaban J connectivity index is 1.64. The predicted octanol–water partition coefficient (Wildman–Crippen LogP) is 0.420. The van der Waals surface area contributed by atoms with Crippen molar-refractivity contribution < 1.29 is 14.6 Å². The van der Waals surface area contributed by atoms with E-state index in [0.717, 1.165) is 6.54 Å². The molecule has 1 aliphatic rings. The van der Waals surface area contributed by atoms with E-state index in [0.29, 0.717) is 18.1 Å². The Hall–Kier alpha value is -1.40. The minimum absolute atomic E-state index is 0.195. The van der Waals surface area contributed by atoms with Crippen molar-refractivity contribution in [3.8, 4) is 0 Å². The number of aliphatic hydroxyl groups is 1. The van der Waals surface area contributed by atoms with Gasteiger partial charge in [0.1, 0.15) is 0 Å². The van der Waals surface area contributed by atoms with Gasteiger partial charge < -0.3 is 15.2 Å². The van der Waals surface area contributed by atoms with Gasteiger partial charge in [-0.25, -0.2) is 0 Å². The summed E-state index contributed by atoms with van der Waals surface area (Å²) < 4.78 is 7.05. The van der Waals surface area contributed by atoms with Crippen molar-refractivity contribution in [3.63, 3.8) is 0 Å². The van der Waals surface area contributed by atoms with E-state index >= 15 is 0 Å². The van der Waals surface area contributed by atoms with Crippen molar-refractivity contribution >= 4 is 5.91 Å². The van der Waals surface area contributed by atoms with E-state index in [1.165, 1.54) is 19.0 Å². The smallest absolute Gasteiger partial charge is 0.254 e. The molecular formula is C13H21N3O3. The molecule has 1 unspecified atom stereocenters. The van der Waals surface area contributed by atoms with Gasteiger partial charge in [0, 0.05) is 25.9 Å². The second kappa shape index (κ2) is 6.68. The lowest BCUT2D eigenvalue weighted by Gasteiger charge is -2.11. The fourth-order valence-corrected chi connectivity index (χ4v) is 1.68. The van der Waals surface area contributed by atoms with Crippen molar-refractivity contribution in [3.05, 3.63) is 18.0 Å². The summed E-state index contributed by atoms with van der Waals surface area (Å²) >= 11 is 0. The number of nitrogens with zero attached hydrogens (tertiary/aromatic N) is 2. The van der Waals surface area contributed by atoms with Gasteiger partial charge in [0.2, 0.25) is 0 Å². The van der Waals surface area contributed by atoms with Crippen molar-refractivity contribution in [1.82, 2.24) is 15.1 Å². The number of rotatable bonds is 8. The van der Waals surface area contributed by atoms with E-state index in [1.807, 2.05) is 6.92 Å². The van der Waals surface area contributed by atoms with Gasteiger partial charge in [-0.15, -0.1) is 0 Å². The topological polar surface area (TPSA) is 76.4 Å². The van der Waals surface area contributed by atoms with Gasteiger partial charge in [0.25, 0.3) is 5.91 Å². The van der Waals surface area contributed by atoms with Crippen LogP contribution in [0.15, 0.2) is 12.4 Å². The number of amides is 1. The first-order valence-corrected chi connectivity index (χ1v) is 6.75. The van der Waals surface area contributed by atoms with Crippen LogP contribution in [0, 0.1) is 5.92 Å². The zero-order chi connectivity index (χ0) is 13.7. The maximum Gasteiger partial charge on any atom is 0.254 e. The summed E-state index contributed by atoms with van der Waals surface area (Å²) in [7, 11) is 0. The van der Waals surface area contributed by atoms with E-state index in [4.69, 9.17) is 4.74 Å². The van der Waals surface area contributed by atoms with E-state index in [-0.39, 0.29) is 19.1 Å². The van der Waals surface area contributed by atoms with Crippen LogP contribution >= 0.6 is 0 Å². The number of carbonyl (C=O) groups excluding carboxylic acids is 1. The Morgan fingerprint density at radius 1 is 1.68 bits per heavy atom. The van der Waals surface area contributed by atoms with Crippen molar-refractivity contribution in [2.45, 2.75) is 32.4 Å². The molecule has 0 radical (unpaired) electrons. The molecule has 106 valence electrons. The number of hydrogen-bond acceptors (Lipinski definition) is 4. The lowest BCUT2D eigenvalue weighted by molar-refractivity contribution is 0.0320. The molecule has 1 aromatic heterocycles. The van der Waals surface area contributed by atoms with E-state index in [9.17, 15) is 9.90 Å². The Morgan fingerprint density at radius 3 is 3.11 bits per heavy atom.